The molecule has 30 heavy (non-hydrogen) atoms. The number of aromatic nitrogens is 3. The van der Waals surface area contributed by atoms with Crippen molar-refractivity contribution in [2.24, 2.45) is 0 Å². The summed E-state index contributed by atoms with van der Waals surface area (Å²) in [6, 6.07) is 22.8. The van der Waals surface area contributed by atoms with Gasteiger partial charge in [0.1, 0.15) is 5.52 Å². The van der Waals surface area contributed by atoms with Gasteiger partial charge in [-0.2, -0.15) is 0 Å². The normalized spacial score (nSPS) is 13.3. The van der Waals surface area contributed by atoms with Crippen LogP contribution in [0.1, 0.15) is 27.0 Å². The van der Waals surface area contributed by atoms with Crippen molar-refractivity contribution < 1.29 is 4.79 Å². The predicted octanol–water partition coefficient (Wildman–Crippen LogP) is 3.04. The van der Waals surface area contributed by atoms with Gasteiger partial charge in [-0.1, -0.05) is 53.7 Å². The predicted molar refractivity (Wildman–Crippen MR) is 114 cm³/mol. The third kappa shape index (κ3) is 3.37. The van der Waals surface area contributed by atoms with Gasteiger partial charge in [0.25, 0.3) is 11.5 Å². The smallest absolute Gasteiger partial charge is 0.277 e. The Kier molecular flexibility index (Phi) is 4.59. The molecule has 0 unspecified atom stereocenters. The Labute approximate surface area is 173 Å². The molecule has 3 aromatic carbocycles. The SMILES string of the molecule is O=C(c1ccc(Cn2nnc3ccccc3c2=O)cc1)N1CCc2ccccc2C1. The highest BCUT2D eigenvalue weighted by atomic mass is 16.2. The average molecular weight is 396 g/mol. The maximum Gasteiger partial charge on any atom is 0.277 e. The Morgan fingerprint density at radius 1 is 0.900 bits per heavy atom. The molecular weight excluding hydrogens is 376 g/mol. The van der Waals surface area contributed by atoms with Crippen molar-refractivity contribution in [2.45, 2.75) is 19.5 Å². The lowest BCUT2D eigenvalue weighted by molar-refractivity contribution is 0.0734. The minimum Gasteiger partial charge on any atom is -0.334 e. The van der Waals surface area contributed by atoms with Crippen LogP contribution in [0.4, 0.5) is 0 Å². The molecule has 6 nitrogen and oxygen atoms in total. The van der Waals surface area contributed by atoms with Crippen LogP contribution >= 0.6 is 0 Å². The topological polar surface area (TPSA) is 68.1 Å². The molecule has 0 atom stereocenters. The third-order valence-corrected chi connectivity index (χ3v) is 5.58. The van der Waals surface area contributed by atoms with Crippen molar-refractivity contribution in [1.82, 2.24) is 19.9 Å². The van der Waals surface area contributed by atoms with Gasteiger partial charge in [-0.15, -0.1) is 5.10 Å². The molecule has 4 aromatic rings. The van der Waals surface area contributed by atoms with E-state index in [1.54, 1.807) is 12.1 Å². The fourth-order valence-corrected chi connectivity index (χ4v) is 3.90. The van der Waals surface area contributed by atoms with Crippen LogP contribution in [-0.2, 0) is 19.5 Å². The van der Waals surface area contributed by atoms with Crippen LogP contribution in [0.5, 0.6) is 0 Å². The van der Waals surface area contributed by atoms with Gasteiger partial charge in [-0.25, -0.2) is 4.68 Å². The number of hydrogen-bond donors (Lipinski definition) is 0. The lowest BCUT2D eigenvalue weighted by Crippen LogP contribution is -2.35. The van der Waals surface area contributed by atoms with Crippen LogP contribution in [-0.4, -0.2) is 32.3 Å². The van der Waals surface area contributed by atoms with Crippen molar-refractivity contribution in [3.8, 4) is 0 Å². The first-order chi connectivity index (χ1) is 14.7. The van der Waals surface area contributed by atoms with E-state index in [0.717, 1.165) is 18.5 Å². The average Bonchev–Trinajstić information content (AvgIpc) is 2.81. The fraction of sp³-hybridized carbons (Fsp3) is 0.167. The molecule has 0 bridgehead atoms. The molecule has 0 N–H and O–H groups in total. The molecule has 0 saturated heterocycles. The fourth-order valence-electron chi connectivity index (χ4n) is 3.90. The first kappa shape index (κ1) is 18.2. The molecule has 1 aromatic heterocycles. The zero-order chi connectivity index (χ0) is 20.5. The van der Waals surface area contributed by atoms with Gasteiger partial charge >= 0.3 is 0 Å². The number of amides is 1. The number of carbonyl (C=O) groups excluding carboxylic acids is 1. The summed E-state index contributed by atoms with van der Waals surface area (Å²) in [6.45, 7) is 1.67. The summed E-state index contributed by atoms with van der Waals surface area (Å²) in [7, 11) is 0. The molecule has 1 aliphatic rings. The molecule has 0 fully saturated rings. The zero-order valence-corrected chi connectivity index (χ0v) is 16.4. The van der Waals surface area contributed by atoms with E-state index in [2.05, 4.69) is 22.4 Å². The van der Waals surface area contributed by atoms with Gasteiger partial charge < -0.3 is 4.90 Å². The van der Waals surface area contributed by atoms with Gasteiger partial charge in [0.15, 0.2) is 0 Å². The van der Waals surface area contributed by atoms with E-state index >= 15 is 0 Å². The number of carbonyl (C=O) groups is 1. The second-order valence-corrected chi connectivity index (χ2v) is 7.51. The maximum absolute atomic E-state index is 12.9. The Balaban J connectivity index is 1.33. The van der Waals surface area contributed by atoms with E-state index in [4.69, 9.17) is 0 Å². The molecule has 1 amide bonds. The van der Waals surface area contributed by atoms with Gasteiger partial charge in [-0.05, 0) is 47.4 Å². The van der Waals surface area contributed by atoms with Gasteiger partial charge in [-0.3, -0.25) is 9.59 Å². The minimum absolute atomic E-state index is 0.0266. The van der Waals surface area contributed by atoms with E-state index in [0.29, 0.717) is 29.6 Å². The van der Waals surface area contributed by atoms with E-state index in [-0.39, 0.29) is 11.5 Å². The second-order valence-electron chi connectivity index (χ2n) is 7.51. The first-order valence-electron chi connectivity index (χ1n) is 9.96. The molecule has 148 valence electrons. The van der Waals surface area contributed by atoms with E-state index in [9.17, 15) is 9.59 Å². The largest absolute Gasteiger partial charge is 0.334 e. The number of rotatable bonds is 3. The molecule has 2 heterocycles. The summed E-state index contributed by atoms with van der Waals surface area (Å²) < 4.78 is 1.35. The minimum atomic E-state index is -0.173. The van der Waals surface area contributed by atoms with Crippen molar-refractivity contribution in [2.75, 3.05) is 6.54 Å². The summed E-state index contributed by atoms with van der Waals surface area (Å²) in [5.74, 6) is 0.0266. The monoisotopic (exact) mass is 396 g/mol. The van der Waals surface area contributed by atoms with E-state index in [1.807, 2.05) is 53.4 Å². The van der Waals surface area contributed by atoms with Crippen molar-refractivity contribution in [3.63, 3.8) is 0 Å². The van der Waals surface area contributed by atoms with Gasteiger partial charge in [0.05, 0.1) is 11.9 Å². The maximum atomic E-state index is 12.9. The Hall–Kier alpha value is -3.80. The lowest BCUT2D eigenvalue weighted by Gasteiger charge is -2.29. The van der Waals surface area contributed by atoms with E-state index < -0.39 is 0 Å². The van der Waals surface area contributed by atoms with Gasteiger partial charge in [0, 0.05) is 18.7 Å². The third-order valence-electron chi connectivity index (χ3n) is 5.58. The van der Waals surface area contributed by atoms with E-state index in [1.165, 1.54) is 15.8 Å². The molecule has 0 saturated carbocycles. The Morgan fingerprint density at radius 3 is 2.47 bits per heavy atom. The van der Waals surface area contributed by atoms with Gasteiger partial charge in [0.2, 0.25) is 0 Å². The van der Waals surface area contributed by atoms with Crippen molar-refractivity contribution in [1.29, 1.82) is 0 Å². The second kappa shape index (κ2) is 7.55. The molecule has 0 aliphatic carbocycles. The summed E-state index contributed by atoms with van der Waals surface area (Å²) >= 11 is 0. The molecule has 1 aliphatic heterocycles. The Bertz CT molecular complexity index is 1290. The van der Waals surface area contributed by atoms with Crippen molar-refractivity contribution >= 4 is 16.8 Å². The van der Waals surface area contributed by atoms with Crippen LogP contribution < -0.4 is 5.56 Å². The first-order valence-corrected chi connectivity index (χ1v) is 9.96. The highest BCUT2D eigenvalue weighted by Gasteiger charge is 2.21. The molecule has 6 heteroatoms. The van der Waals surface area contributed by atoms with Crippen molar-refractivity contribution in [3.05, 3.63) is 105 Å². The standard InChI is InChI=1S/C24H20N4O2/c29-23(27-14-13-18-5-1-2-6-20(18)16-27)19-11-9-17(10-12-19)15-28-24(30)21-7-3-4-8-22(21)25-26-28/h1-12H,13-16H2. The summed E-state index contributed by atoms with van der Waals surface area (Å²) in [6.07, 6.45) is 0.879. The lowest BCUT2D eigenvalue weighted by atomic mass is 9.99. The number of nitrogens with zero attached hydrogens (tertiary/aromatic N) is 4. The molecule has 0 radical (unpaired) electrons. The zero-order valence-electron chi connectivity index (χ0n) is 16.4. The highest BCUT2D eigenvalue weighted by molar-refractivity contribution is 5.94. The highest BCUT2D eigenvalue weighted by Crippen LogP contribution is 2.20. The summed E-state index contributed by atoms with van der Waals surface area (Å²) in [4.78, 5) is 27.4. The molecule has 0 spiro atoms. The van der Waals surface area contributed by atoms with Crippen LogP contribution in [0.15, 0.2) is 77.6 Å². The van der Waals surface area contributed by atoms with Crippen LogP contribution in [0, 0.1) is 0 Å². The molecule has 5 rings (SSSR count). The Morgan fingerprint density at radius 2 is 1.63 bits per heavy atom. The van der Waals surface area contributed by atoms with Crippen LogP contribution in [0.25, 0.3) is 10.9 Å². The van der Waals surface area contributed by atoms with Crippen LogP contribution in [0.2, 0.25) is 0 Å². The molecular formula is C24H20N4O2. The number of fused-ring (bicyclic) bond motifs is 2. The summed E-state index contributed by atoms with van der Waals surface area (Å²) in [5, 5.41) is 8.69. The number of hydrogen-bond acceptors (Lipinski definition) is 4. The number of benzene rings is 3. The quantitative estimate of drug-likeness (QED) is 0.534. The summed E-state index contributed by atoms with van der Waals surface area (Å²) in [5.41, 5.74) is 4.48. The van der Waals surface area contributed by atoms with Crippen LogP contribution in [0.3, 0.4) is 0 Å².